The maximum absolute atomic E-state index is 4.48. The van der Waals surface area contributed by atoms with Gasteiger partial charge in [0.25, 0.3) is 0 Å². The van der Waals surface area contributed by atoms with Crippen molar-refractivity contribution < 1.29 is 0 Å². The highest BCUT2D eigenvalue weighted by Gasteiger charge is 2.41. The molecule has 3 heterocycles. The van der Waals surface area contributed by atoms with Crippen LogP contribution in [0.1, 0.15) is 43.4 Å². The standard InChI is InChI=1S/C24H33N3/c1-2-26-19-22(21-8-4-3-5-9-21)18-24(20-26)12-16-27(17-13-24)15-11-23-10-6-7-14-25-23/h3-10,14,22H,2,11-13,15-20H2,1H3/t22-/m1/s1. The van der Waals surface area contributed by atoms with E-state index in [1.54, 1.807) is 0 Å². The Morgan fingerprint density at radius 2 is 1.78 bits per heavy atom. The van der Waals surface area contributed by atoms with Gasteiger partial charge in [0.05, 0.1) is 0 Å². The average Bonchev–Trinajstić information content (AvgIpc) is 2.74. The Bertz CT molecular complexity index is 692. The van der Waals surface area contributed by atoms with Crippen molar-refractivity contribution in [2.75, 3.05) is 39.3 Å². The molecule has 0 radical (unpaired) electrons. The Morgan fingerprint density at radius 3 is 2.48 bits per heavy atom. The molecule has 4 rings (SSSR count). The van der Waals surface area contributed by atoms with E-state index in [4.69, 9.17) is 0 Å². The summed E-state index contributed by atoms with van der Waals surface area (Å²) in [6.07, 6.45) is 7.03. The van der Waals surface area contributed by atoms with Gasteiger partial charge in [0.1, 0.15) is 0 Å². The third kappa shape index (κ3) is 4.59. The Kier molecular flexibility index (Phi) is 5.89. The minimum Gasteiger partial charge on any atom is -0.303 e. The number of likely N-dealkylation sites (tertiary alicyclic amines) is 2. The number of nitrogens with zero attached hydrogens (tertiary/aromatic N) is 3. The van der Waals surface area contributed by atoms with E-state index in [1.165, 1.54) is 63.2 Å². The molecule has 1 atom stereocenters. The summed E-state index contributed by atoms with van der Waals surface area (Å²) in [7, 11) is 0. The van der Waals surface area contributed by atoms with Crippen LogP contribution in [0.15, 0.2) is 54.7 Å². The van der Waals surface area contributed by atoms with E-state index in [2.05, 4.69) is 64.2 Å². The first-order valence-electron chi connectivity index (χ1n) is 10.7. The van der Waals surface area contributed by atoms with E-state index in [9.17, 15) is 0 Å². The van der Waals surface area contributed by atoms with Crippen molar-refractivity contribution >= 4 is 0 Å². The summed E-state index contributed by atoms with van der Waals surface area (Å²) in [5.41, 5.74) is 3.26. The monoisotopic (exact) mass is 363 g/mol. The van der Waals surface area contributed by atoms with Gasteiger partial charge in [-0.3, -0.25) is 4.98 Å². The van der Waals surface area contributed by atoms with E-state index >= 15 is 0 Å². The molecule has 0 N–H and O–H groups in total. The smallest absolute Gasteiger partial charge is 0.0416 e. The molecule has 1 spiro atoms. The van der Waals surface area contributed by atoms with Crippen LogP contribution in [0.25, 0.3) is 0 Å². The van der Waals surface area contributed by atoms with Gasteiger partial charge in [-0.15, -0.1) is 0 Å². The van der Waals surface area contributed by atoms with Crippen LogP contribution in [-0.4, -0.2) is 54.1 Å². The van der Waals surface area contributed by atoms with Gasteiger partial charge in [-0.2, -0.15) is 0 Å². The molecule has 2 aliphatic heterocycles. The summed E-state index contributed by atoms with van der Waals surface area (Å²) in [6.45, 7) is 9.65. The van der Waals surface area contributed by atoms with Gasteiger partial charge in [0.15, 0.2) is 0 Å². The minimum atomic E-state index is 0.510. The molecule has 1 aromatic carbocycles. The van der Waals surface area contributed by atoms with Crippen LogP contribution in [0.4, 0.5) is 0 Å². The van der Waals surface area contributed by atoms with Crippen LogP contribution < -0.4 is 0 Å². The van der Waals surface area contributed by atoms with Crippen LogP contribution in [0, 0.1) is 5.41 Å². The Balaban J connectivity index is 1.37. The van der Waals surface area contributed by atoms with Gasteiger partial charge < -0.3 is 9.80 Å². The fourth-order valence-electron chi connectivity index (χ4n) is 5.12. The number of benzene rings is 1. The van der Waals surface area contributed by atoms with Crippen molar-refractivity contribution in [2.24, 2.45) is 5.41 Å². The molecule has 0 saturated carbocycles. The van der Waals surface area contributed by atoms with E-state index in [1.807, 2.05) is 12.3 Å². The molecule has 144 valence electrons. The Hall–Kier alpha value is -1.71. The summed E-state index contributed by atoms with van der Waals surface area (Å²) in [5, 5.41) is 0. The SMILES string of the molecule is CCN1C[C@H](c2ccccc2)CC2(CCN(CCc3ccccn3)CC2)C1. The highest BCUT2D eigenvalue weighted by Crippen LogP contribution is 2.44. The second-order valence-electron chi connectivity index (χ2n) is 8.55. The molecule has 0 bridgehead atoms. The molecule has 0 unspecified atom stereocenters. The predicted molar refractivity (Wildman–Crippen MR) is 112 cm³/mol. The highest BCUT2D eigenvalue weighted by molar-refractivity contribution is 5.21. The molecular weight excluding hydrogens is 330 g/mol. The molecule has 2 aliphatic rings. The van der Waals surface area contributed by atoms with E-state index < -0.39 is 0 Å². The third-order valence-electron chi connectivity index (χ3n) is 6.76. The van der Waals surface area contributed by atoms with Crippen LogP contribution >= 0.6 is 0 Å². The third-order valence-corrected chi connectivity index (χ3v) is 6.76. The molecular formula is C24H33N3. The van der Waals surface area contributed by atoms with Crippen molar-refractivity contribution in [3.8, 4) is 0 Å². The summed E-state index contributed by atoms with van der Waals surface area (Å²) in [4.78, 5) is 9.83. The second kappa shape index (κ2) is 8.53. The fourth-order valence-corrected chi connectivity index (χ4v) is 5.12. The van der Waals surface area contributed by atoms with Crippen LogP contribution in [0.2, 0.25) is 0 Å². The Morgan fingerprint density at radius 1 is 1.00 bits per heavy atom. The first kappa shape index (κ1) is 18.6. The van der Waals surface area contributed by atoms with Crippen LogP contribution in [0.5, 0.6) is 0 Å². The quantitative estimate of drug-likeness (QED) is 0.793. The summed E-state index contributed by atoms with van der Waals surface area (Å²) >= 11 is 0. The zero-order chi connectivity index (χ0) is 18.5. The number of likely N-dealkylation sites (N-methyl/N-ethyl adjacent to an activating group) is 1. The molecule has 1 aromatic heterocycles. The molecule has 0 amide bonds. The molecule has 2 fully saturated rings. The maximum Gasteiger partial charge on any atom is 0.0416 e. The fraction of sp³-hybridized carbons (Fsp3) is 0.542. The van der Waals surface area contributed by atoms with Gasteiger partial charge >= 0.3 is 0 Å². The van der Waals surface area contributed by atoms with Crippen LogP contribution in [0.3, 0.4) is 0 Å². The molecule has 3 nitrogen and oxygen atoms in total. The van der Waals surface area contributed by atoms with Gasteiger partial charge in [0, 0.05) is 37.9 Å². The first-order valence-corrected chi connectivity index (χ1v) is 10.7. The molecule has 0 aliphatic carbocycles. The number of hydrogen-bond acceptors (Lipinski definition) is 3. The summed E-state index contributed by atoms with van der Waals surface area (Å²) in [6, 6.07) is 17.5. The minimum absolute atomic E-state index is 0.510. The molecule has 27 heavy (non-hydrogen) atoms. The predicted octanol–water partition coefficient (Wildman–Crippen LogP) is 4.22. The summed E-state index contributed by atoms with van der Waals surface area (Å²) in [5.74, 6) is 0.694. The van der Waals surface area contributed by atoms with Gasteiger partial charge in [-0.25, -0.2) is 0 Å². The van der Waals surface area contributed by atoms with Gasteiger partial charge in [-0.05, 0) is 67.9 Å². The Labute approximate surface area is 164 Å². The number of aromatic nitrogens is 1. The van der Waals surface area contributed by atoms with Crippen molar-refractivity contribution in [3.05, 3.63) is 66.0 Å². The van der Waals surface area contributed by atoms with Gasteiger partial charge in [-0.1, -0.05) is 43.3 Å². The number of piperidine rings is 2. The van der Waals surface area contributed by atoms with Crippen molar-refractivity contribution in [1.29, 1.82) is 0 Å². The first-order chi connectivity index (χ1) is 13.3. The molecule has 2 aromatic rings. The van der Waals surface area contributed by atoms with E-state index in [0.717, 1.165) is 13.0 Å². The van der Waals surface area contributed by atoms with Crippen molar-refractivity contribution in [3.63, 3.8) is 0 Å². The average molecular weight is 364 g/mol. The topological polar surface area (TPSA) is 19.4 Å². The largest absolute Gasteiger partial charge is 0.303 e. The highest BCUT2D eigenvalue weighted by atomic mass is 15.2. The second-order valence-corrected chi connectivity index (χ2v) is 8.55. The van der Waals surface area contributed by atoms with E-state index in [-0.39, 0.29) is 0 Å². The number of hydrogen-bond donors (Lipinski definition) is 0. The summed E-state index contributed by atoms with van der Waals surface area (Å²) < 4.78 is 0. The maximum atomic E-state index is 4.48. The lowest BCUT2D eigenvalue weighted by Gasteiger charge is -2.50. The van der Waals surface area contributed by atoms with E-state index in [0.29, 0.717) is 11.3 Å². The van der Waals surface area contributed by atoms with Gasteiger partial charge in [0.2, 0.25) is 0 Å². The van der Waals surface area contributed by atoms with Crippen LogP contribution in [-0.2, 0) is 6.42 Å². The zero-order valence-electron chi connectivity index (χ0n) is 16.7. The number of rotatable bonds is 5. The zero-order valence-corrected chi connectivity index (χ0v) is 16.7. The number of pyridine rings is 1. The van der Waals surface area contributed by atoms with Crippen molar-refractivity contribution in [1.82, 2.24) is 14.8 Å². The molecule has 2 saturated heterocycles. The normalized spacial score (nSPS) is 23.5. The lowest BCUT2D eigenvalue weighted by Crippen LogP contribution is -2.51. The lowest BCUT2D eigenvalue weighted by atomic mass is 9.68. The lowest BCUT2D eigenvalue weighted by molar-refractivity contribution is 0.0161. The molecule has 3 heteroatoms. The van der Waals surface area contributed by atoms with Crippen molar-refractivity contribution in [2.45, 2.75) is 38.5 Å².